The first-order valence-electron chi connectivity index (χ1n) is 5.78. The lowest BCUT2D eigenvalue weighted by Crippen LogP contribution is -1.94. The van der Waals surface area contributed by atoms with Crippen LogP contribution in [0.1, 0.15) is 16.7 Å². The molecule has 0 atom stereocenters. The van der Waals surface area contributed by atoms with E-state index in [2.05, 4.69) is 15.9 Å². The molecular formula is C15H16BrNO. The van der Waals surface area contributed by atoms with E-state index in [1.807, 2.05) is 51.1 Å². The van der Waals surface area contributed by atoms with Gasteiger partial charge in [-0.2, -0.15) is 0 Å². The summed E-state index contributed by atoms with van der Waals surface area (Å²) in [5.41, 5.74) is 10.0. The zero-order chi connectivity index (χ0) is 13.3. The normalized spacial score (nSPS) is 10.4. The molecule has 2 aromatic rings. The van der Waals surface area contributed by atoms with Gasteiger partial charge in [-0.05, 0) is 61.7 Å². The minimum atomic E-state index is 0.660. The Kier molecular flexibility index (Phi) is 3.62. The average molecular weight is 306 g/mol. The molecule has 2 nitrogen and oxygen atoms in total. The average Bonchev–Trinajstić information content (AvgIpc) is 2.29. The van der Waals surface area contributed by atoms with Gasteiger partial charge in [0.1, 0.15) is 11.5 Å². The van der Waals surface area contributed by atoms with Crippen molar-refractivity contribution in [1.29, 1.82) is 0 Å². The number of nitrogen functional groups attached to an aromatic ring is 1. The highest BCUT2D eigenvalue weighted by atomic mass is 79.9. The molecule has 0 bridgehead atoms. The quantitative estimate of drug-likeness (QED) is 0.813. The van der Waals surface area contributed by atoms with Crippen LogP contribution in [0.4, 0.5) is 5.69 Å². The molecule has 0 aromatic heterocycles. The molecule has 0 fully saturated rings. The fourth-order valence-corrected chi connectivity index (χ4v) is 2.08. The smallest absolute Gasteiger partial charge is 0.150 e. The second-order valence-electron chi connectivity index (χ2n) is 4.51. The predicted molar refractivity (Wildman–Crippen MR) is 79.3 cm³/mol. The van der Waals surface area contributed by atoms with E-state index in [1.54, 1.807) is 0 Å². The molecule has 0 aliphatic heterocycles. The Morgan fingerprint density at radius 2 is 1.61 bits per heavy atom. The first-order valence-corrected chi connectivity index (χ1v) is 6.57. The molecule has 0 aliphatic carbocycles. The predicted octanol–water partition coefficient (Wildman–Crippen LogP) is 4.75. The van der Waals surface area contributed by atoms with Gasteiger partial charge >= 0.3 is 0 Å². The third-order valence-corrected chi connectivity index (χ3v) is 4.05. The number of nitrogens with two attached hydrogens (primary N) is 1. The van der Waals surface area contributed by atoms with E-state index in [4.69, 9.17) is 10.5 Å². The zero-order valence-electron chi connectivity index (χ0n) is 10.8. The molecule has 0 spiro atoms. The summed E-state index contributed by atoms with van der Waals surface area (Å²) in [4.78, 5) is 0. The third-order valence-electron chi connectivity index (χ3n) is 2.80. The Balaban J connectivity index is 2.34. The maximum Gasteiger partial charge on any atom is 0.150 e. The van der Waals surface area contributed by atoms with Gasteiger partial charge < -0.3 is 10.5 Å². The van der Waals surface area contributed by atoms with Crippen molar-refractivity contribution in [2.75, 3.05) is 5.73 Å². The van der Waals surface area contributed by atoms with Crippen LogP contribution < -0.4 is 10.5 Å². The van der Waals surface area contributed by atoms with Gasteiger partial charge in [-0.3, -0.25) is 0 Å². The lowest BCUT2D eigenvalue weighted by molar-refractivity contribution is 0.484. The first-order chi connectivity index (χ1) is 8.47. The summed E-state index contributed by atoms with van der Waals surface area (Å²) < 4.78 is 6.95. The Morgan fingerprint density at radius 1 is 1.00 bits per heavy atom. The van der Waals surface area contributed by atoms with Crippen LogP contribution in [0.25, 0.3) is 0 Å². The highest BCUT2D eigenvalue weighted by Gasteiger charge is 2.06. The van der Waals surface area contributed by atoms with Gasteiger partial charge in [0.25, 0.3) is 0 Å². The van der Waals surface area contributed by atoms with Gasteiger partial charge in [0, 0.05) is 4.47 Å². The molecule has 0 saturated carbocycles. The monoisotopic (exact) mass is 305 g/mol. The van der Waals surface area contributed by atoms with Crippen LogP contribution in [0.15, 0.2) is 34.8 Å². The number of halogens is 1. The lowest BCUT2D eigenvalue weighted by Gasteiger charge is -2.11. The molecule has 0 amide bonds. The second kappa shape index (κ2) is 5.02. The van der Waals surface area contributed by atoms with Crippen molar-refractivity contribution in [3.63, 3.8) is 0 Å². The number of benzene rings is 2. The van der Waals surface area contributed by atoms with Crippen molar-refractivity contribution >= 4 is 21.6 Å². The van der Waals surface area contributed by atoms with Crippen LogP contribution in [0, 0.1) is 20.8 Å². The Hall–Kier alpha value is -1.48. The maximum atomic E-state index is 5.94. The van der Waals surface area contributed by atoms with Crippen LogP contribution in [-0.4, -0.2) is 0 Å². The SMILES string of the molecule is Cc1ccc(Oc2cc(C)c(Br)c(C)c2)c(N)c1. The van der Waals surface area contributed by atoms with Crippen LogP contribution in [-0.2, 0) is 0 Å². The van der Waals surface area contributed by atoms with E-state index in [1.165, 1.54) is 0 Å². The van der Waals surface area contributed by atoms with Gasteiger partial charge in [0.15, 0.2) is 0 Å². The van der Waals surface area contributed by atoms with E-state index < -0.39 is 0 Å². The molecule has 2 aromatic carbocycles. The van der Waals surface area contributed by atoms with Gasteiger partial charge in [-0.15, -0.1) is 0 Å². The summed E-state index contributed by atoms with van der Waals surface area (Å²) in [5, 5.41) is 0. The molecule has 3 heteroatoms. The Labute approximate surface area is 116 Å². The van der Waals surface area contributed by atoms with Crippen molar-refractivity contribution in [1.82, 2.24) is 0 Å². The molecule has 18 heavy (non-hydrogen) atoms. The summed E-state index contributed by atoms with van der Waals surface area (Å²) in [6.07, 6.45) is 0. The van der Waals surface area contributed by atoms with Crippen LogP contribution in [0.3, 0.4) is 0 Å². The molecule has 0 aliphatic rings. The van der Waals surface area contributed by atoms with Crippen molar-refractivity contribution in [3.05, 3.63) is 51.5 Å². The van der Waals surface area contributed by atoms with E-state index in [9.17, 15) is 0 Å². The number of aryl methyl sites for hydroxylation is 3. The van der Waals surface area contributed by atoms with Crippen molar-refractivity contribution in [2.45, 2.75) is 20.8 Å². The van der Waals surface area contributed by atoms with E-state index in [0.29, 0.717) is 11.4 Å². The van der Waals surface area contributed by atoms with Crippen molar-refractivity contribution < 1.29 is 4.74 Å². The van der Waals surface area contributed by atoms with Crippen molar-refractivity contribution in [2.24, 2.45) is 0 Å². The fraction of sp³-hybridized carbons (Fsp3) is 0.200. The van der Waals surface area contributed by atoms with Gasteiger partial charge in [-0.1, -0.05) is 22.0 Å². The lowest BCUT2D eigenvalue weighted by atomic mass is 10.1. The molecule has 94 valence electrons. The van der Waals surface area contributed by atoms with Crippen LogP contribution in [0.2, 0.25) is 0 Å². The molecule has 0 radical (unpaired) electrons. The summed E-state index contributed by atoms with van der Waals surface area (Å²) in [7, 11) is 0. The number of anilines is 1. The van der Waals surface area contributed by atoms with Gasteiger partial charge in [0.2, 0.25) is 0 Å². The Morgan fingerprint density at radius 3 is 2.17 bits per heavy atom. The highest BCUT2D eigenvalue weighted by Crippen LogP contribution is 2.32. The third kappa shape index (κ3) is 2.67. The highest BCUT2D eigenvalue weighted by molar-refractivity contribution is 9.10. The van der Waals surface area contributed by atoms with E-state index in [0.717, 1.165) is 26.9 Å². The number of hydrogen-bond acceptors (Lipinski definition) is 2. The first kappa shape index (κ1) is 13.0. The van der Waals surface area contributed by atoms with E-state index in [-0.39, 0.29) is 0 Å². The van der Waals surface area contributed by atoms with Crippen molar-refractivity contribution in [3.8, 4) is 11.5 Å². The summed E-state index contributed by atoms with van der Waals surface area (Å²) in [5.74, 6) is 1.51. The molecule has 0 saturated heterocycles. The molecule has 2 N–H and O–H groups in total. The number of ether oxygens (including phenoxy) is 1. The molecular weight excluding hydrogens is 290 g/mol. The topological polar surface area (TPSA) is 35.2 Å². The largest absolute Gasteiger partial charge is 0.455 e. The summed E-state index contributed by atoms with van der Waals surface area (Å²) in [6, 6.07) is 9.79. The summed E-state index contributed by atoms with van der Waals surface area (Å²) in [6.45, 7) is 6.10. The summed E-state index contributed by atoms with van der Waals surface area (Å²) >= 11 is 3.54. The standard InChI is InChI=1S/C15H16BrNO/c1-9-4-5-14(13(17)6-9)18-12-7-10(2)15(16)11(3)8-12/h4-8H,17H2,1-3H3. The fourth-order valence-electron chi connectivity index (χ4n) is 1.85. The molecule has 0 heterocycles. The maximum absolute atomic E-state index is 5.94. The van der Waals surface area contributed by atoms with Crippen LogP contribution in [0.5, 0.6) is 11.5 Å². The number of rotatable bonds is 2. The van der Waals surface area contributed by atoms with Gasteiger partial charge in [0.05, 0.1) is 5.69 Å². The minimum Gasteiger partial charge on any atom is -0.455 e. The zero-order valence-corrected chi connectivity index (χ0v) is 12.3. The van der Waals surface area contributed by atoms with E-state index >= 15 is 0 Å². The number of hydrogen-bond donors (Lipinski definition) is 1. The molecule has 2 rings (SSSR count). The second-order valence-corrected chi connectivity index (χ2v) is 5.31. The Bertz CT molecular complexity index is 570. The molecule has 0 unspecified atom stereocenters. The van der Waals surface area contributed by atoms with Gasteiger partial charge in [-0.25, -0.2) is 0 Å². The minimum absolute atomic E-state index is 0.660. The van der Waals surface area contributed by atoms with Crippen LogP contribution >= 0.6 is 15.9 Å².